The van der Waals surface area contributed by atoms with Gasteiger partial charge >= 0.3 is 5.97 Å². The molecule has 14 heavy (non-hydrogen) atoms. The molecule has 72 valence electrons. The molecule has 0 unspecified atom stereocenters. The molecule has 0 aliphatic carbocycles. The molecule has 1 aliphatic rings. The van der Waals surface area contributed by atoms with Crippen molar-refractivity contribution >= 4 is 11.7 Å². The van der Waals surface area contributed by atoms with E-state index in [0.717, 1.165) is 12.8 Å². The van der Waals surface area contributed by atoms with E-state index in [0.29, 0.717) is 17.0 Å². The average molecular weight is 190 g/mol. The Balaban J connectivity index is 2.39. The van der Waals surface area contributed by atoms with Gasteiger partial charge in [0.1, 0.15) is 5.69 Å². The number of ether oxygens (including phenoxy) is 1. The van der Waals surface area contributed by atoms with Crippen molar-refractivity contribution in [2.24, 2.45) is 0 Å². The molecule has 2 rings (SSSR count). The fraction of sp³-hybridized carbons (Fsp3) is 0.300. The number of rotatable bonds is 2. The quantitative estimate of drug-likeness (QED) is 0.667. The summed E-state index contributed by atoms with van der Waals surface area (Å²) in [5.41, 5.74) is 1.06. The van der Waals surface area contributed by atoms with Gasteiger partial charge in [-0.25, -0.2) is 4.79 Å². The lowest BCUT2D eigenvalue weighted by atomic mass is 10.2. The summed E-state index contributed by atoms with van der Waals surface area (Å²) in [6.07, 6.45) is 5.25. The highest BCUT2D eigenvalue weighted by atomic mass is 16.5. The summed E-state index contributed by atoms with van der Waals surface area (Å²) in [4.78, 5) is 11.3. The Labute approximate surface area is 81.6 Å². The first kappa shape index (κ1) is 8.87. The Hall–Kier alpha value is -1.71. The van der Waals surface area contributed by atoms with Gasteiger partial charge < -0.3 is 4.74 Å². The maximum Gasteiger partial charge on any atom is 0.346 e. The number of esters is 1. The minimum absolute atomic E-state index is 0.336. The van der Waals surface area contributed by atoms with E-state index in [1.807, 2.05) is 6.08 Å². The summed E-state index contributed by atoms with van der Waals surface area (Å²) in [5.74, 6) is 0.206. The molecule has 0 saturated carbocycles. The SMILES string of the molecule is CCC/C=C1\OC(=O)c2ccnnc21. The van der Waals surface area contributed by atoms with Gasteiger partial charge in [0, 0.05) is 0 Å². The van der Waals surface area contributed by atoms with Gasteiger partial charge in [-0.1, -0.05) is 13.3 Å². The van der Waals surface area contributed by atoms with Crippen LogP contribution in [0.3, 0.4) is 0 Å². The number of carbonyl (C=O) groups excluding carboxylic acids is 1. The normalized spacial score (nSPS) is 16.9. The second-order valence-electron chi connectivity index (χ2n) is 3.04. The van der Waals surface area contributed by atoms with Crippen molar-refractivity contribution in [3.05, 3.63) is 29.6 Å². The molecule has 0 spiro atoms. The van der Waals surface area contributed by atoms with Crippen LogP contribution in [0.25, 0.3) is 5.76 Å². The number of cyclic esters (lactones) is 1. The molecule has 0 N–H and O–H groups in total. The van der Waals surface area contributed by atoms with E-state index in [1.165, 1.54) is 6.20 Å². The molecule has 0 saturated heterocycles. The fourth-order valence-electron chi connectivity index (χ4n) is 1.30. The van der Waals surface area contributed by atoms with Crippen molar-refractivity contribution in [3.63, 3.8) is 0 Å². The minimum Gasteiger partial charge on any atom is -0.421 e. The standard InChI is InChI=1S/C10H10N2O2/c1-2-3-4-8-9-7(10(13)14-8)5-6-11-12-9/h4-6H,2-3H2,1H3/b8-4-. The van der Waals surface area contributed by atoms with Crippen LogP contribution in [0.1, 0.15) is 35.8 Å². The fourth-order valence-corrected chi connectivity index (χ4v) is 1.30. The van der Waals surface area contributed by atoms with Gasteiger partial charge in [0.15, 0.2) is 5.76 Å². The van der Waals surface area contributed by atoms with Crippen LogP contribution in [0, 0.1) is 0 Å². The van der Waals surface area contributed by atoms with Gasteiger partial charge in [0.25, 0.3) is 0 Å². The predicted octanol–water partition coefficient (Wildman–Crippen LogP) is 1.79. The van der Waals surface area contributed by atoms with Crippen LogP contribution in [0.4, 0.5) is 0 Å². The molecular formula is C10H10N2O2. The van der Waals surface area contributed by atoms with Crippen molar-refractivity contribution in [3.8, 4) is 0 Å². The zero-order chi connectivity index (χ0) is 9.97. The third-order valence-electron chi connectivity index (χ3n) is 2.00. The van der Waals surface area contributed by atoms with E-state index in [2.05, 4.69) is 17.1 Å². The van der Waals surface area contributed by atoms with Crippen LogP contribution in [0.2, 0.25) is 0 Å². The number of hydrogen-bond acceptors (Lipinski definition) is 4. The lowest BCUT2D eigenvalue weighted by Gasteiger charge is -1.94. The number of fused-ring (bicyclic) bond motifs is 1. The molecule has 0 radical (unpaired) electrons. The smallest absolute Gasteiger partial charge is 0.346 e. The van der Waals surface area contributed by atoms with E-state index in [9.17, 15) is 4.79 Å². The number of allylic oxidation sites excluding steroid dienone is 1. The number of hydrogen-bond donors (Lipinski definition) is 0. The van der Waals surface area contributed by atoms with E-state index in [1.54, 1.807) is 6.07 Å². The van der Waals surface area contributed by atoms with Crippen molar-refractivity contribution in [1.29, 1.82) is 0 Å². The van der Waals surface area contributed by atoms with Gasteiger partial charge in [-0.2, -0.15) is 5.10 Å². The Morgan fingerprint density at radius 3 is 3.21 bits per heavy atom. The molecule has 0 bridgehead atoms. The van der Waals surface area contributed by atoms with Crippen molar-refractivity contribution in [2.75, 3.05) is 0 Å². The molecule has 4 heteroatoms. The van der Waals surface area contributed by atoms with Gasteiger partial charge in [-0.05, 0) is 18.6 Å². The lowest BCUT2D eigenvalue weighted by Crippen LogP contribution is -1.94. The summed E-state index contributed by atoms with van der Waals surface area (Å²) in [7, 11) is 0. The van der Waals surface area contributed by atoms with Gasteiger partial charge in [-0.15, -0.1) is 5.10 Å². The molecule has 0 atom stereocenters. The van der Waals surface area contributed by atoms with E-state index in [4.69, 9.17) is 4.74 Å². The lowest BCUT2D eigenvalue weighted by molar-refractivity contribution is 0.0715. The molecule has 0 fully saturated rings. The van der Waals surface area contributed by atoms with Crippen molar-refractivity contribution in [2.45, 2.75) is 19.8 Å². The Kier molecular flexibility index (Phi) is 2.26. The Morgan fingerprint density at radius 2 is 2.43 bits per heavy atom. The monoisotopic (exact) mass is 190 g/mol. The molecule has 0 aromatic carbocycles. The topological polar surface area (TPSA) is 52.1 Å². The molecule has 0 amide bonds. The van der Waals surface area contributed by atoms with Crippen LogP contribution < -0.4 is 0 Å². The van der Waals surface area contributed by atoms with Crippen molar-refractivity contribution < 1.29 is 9.53 Å². The number of aromatic nitrogens is 2. The maximum absolute atomic E-state index is 11.3. The first-order valence-electron chi connectivity index (χ1n) is 4.57. The number of unbranched alkanes of at least 4 members (excludes halogenated alkanes) is 1. The zero-order valence-electron chi connectivity index (χ0n) is 7.86. The highest BCUT2D eigenvalue weighted by molar-refractivity contribution is 6.01. The third-order valence-corrected chi connectivity index (χ3v) is 2.00. The highest BCUT2D eigenvalue weighted by Gasteiger charge is 2.27. The van der Waals surface area contributed by atoms with Gasteiger partial charge in [-0.3, -0.25) is 0 Å². The summed E-state index contributed by atoms with van der Waals surface area (Å²) < 4.78 is 5.05. The molecular weight excluding hydrogens is 180 g/mol. The summed E-state index contributed by atoms with van der Waals surface area (Å²) in [6.45, 7) is 2.06. The van der Waals surface area contributed by atoms with E-state index < -0.39 is 0 Å². The second-order valence-corrected chi connectivity index (χ2v) is 3.04. The van der Waals surface area contributed by atoms with E-state index in [-0.39, 0.29) is 5.97 Å². The summed E-state index contributed by atoms with van der Waals surface area (Å²) in [6, 6.07) is 1.62. The number of carbonyl (C=O) groups is 1. The first-order chi connectivity index (χ1) is 6.83. The first-order valence-corrected chi connectivity index (χ1v) is 4.57. The molecule has 4 nitrogen and oxygen atoms in total. The summed E-state index contributed by atoms with van der Waals surface area (Å²) >= 11 is 0. The van der Waals surface area contributed by atoms with Crippen LogP contribution >= 0.6 is 0 Å². The van der Waals surface area contributed by atoms with Crippen LogP contribution in [-0.4, -0.2) is 16.2 Å². The van der Waals surface area contributed by atoms with Crippen LogP contribution in [0.15, 0.2) is 18.3 Å². The molecule has 1 aliphatic heterocycles. The summed E-state index contributed by atoms with van der Waals surface area (Å²) in [5, 5.41) is 7.61. The van der Waals surface area contributed by atoms with Gasteiger partial charge in [0.05, 0.1) is 11.8 Å². The average Bonchev–Trinajstić information content (AvgIpc) is 2.54. The van der Waals surface area contributed by atoms with Crippen molar-refractivity contribution in [1.82, 2.24) is 10.2 Å². The van der Waals surface area contributed by atoms with E-state index >= 15 is 0 Å². The number of nitrogens with zero attached hydrogens (tertiary/aromatic N) is 2. The zero-order valence-corrected chi connectivity index (χ0v) is 7.86. The highest BCUT2D eigenvalue weighted by Crippen LogP contribution is 2.27. The van der Waals surface area contributed by atoms with Crippen LogP contribution in [-0.2, 0) is 4.74 Å². The van der Waals surface area contributed by atoms with Gasteiger partial charge in [0.2, 0.25) is 0 Å². The predicted molar refractivity (Wildman–Crippen MR) is 50.3 cm³/mol. The minimum atomic E-state index is -0.336. The Morgan fingerprint density at radius 1 is 1.57 bits per heavy atom. The second kappa shape index (κ2) is 3.57. The van der Waals surface area contributed by atoms with Crippen LogP contribution in [0.5, 0.6) is 0 Å². The Bertz CT molecular complexity index is 399. The molecule has 2 heterocycles. The maximum atomic E-state index is 11.3. The molecule has 1 aromatic heterocycles. The largest absolute Gasteiger partial charge is 0.421 e. The third kappa shape index (κ3) is 1.39. The molecule has 1 aromatic rings.